The van der Waals surface area contributed by atoms with Gasteiger partial charge in [-0.1, -0.05) is 0 Å². The number of nitrogens with zero attached hydrogens (tertiary/aromatic N) is 2. The molecule has 0 fully saturated rings. The van der Waals surface area contributed by atoms with Crippen LogP contribution in [0.1, 0.15) is 27.7 Å². The number of esters is 2. The van der Waals surface area contributed by atoms with Crippen molar-refractivity contribution >= 4 is 11.9 Å². The second-order valence-electron chi connectivity index (χ2n) is 4.30. The molecule has 0 aliphatic heterocycles. The number of carbonyl (C=O) groups is 2. The molecule has 0 saturated heterocycles. The lowest BCUT2D eigenvalue weighted by atomic mass is 10.1. The Hall–Kier alpha value is -1.46. The van der Waals surface area contributed by atoms with Gasteiger partial charge in [-0.15, -0.1) is 0 Å². The number of carbonyl (C=O) groups excluding carboxylic acids is 2. The molecule has 0 aliphatic rings. The fraction of sp³-hybridized carbons (Fsp3) is 0.800. The normalized spacial score (nSPS) is 12.6. The van der Waals surface area contributed by atoms with E-state index in [1.165, 1.54) is 14.2 Å². The topological polar surface area (TPSA) is 77.3 Å². The summed E-state index contributed by atoms with van der Waals surface area (Å²) in [5.41, 5.74) is -2.22. The molecule has 0 aliphatic carbocycles. The number of methoxy groups -OCH3 is 2. The monoisotopic (exact) mass is 230 g/mol. The van der Waals surface area contributed by atoms with Crippen LogP contribution in [0.2, 0.25) is 0 Å². The third kappa shape index (κ3) is 3.60. The van der Waals surface area contributed by atoms with Crippen molar-refractivity contribution in [1.29, 1.82) is 0 Å². The number of hydrogen-bond donors (Lipinski definition) is 0. The first kappa shape index (κ1) is 14.5. The highest BCUT2D eigenvalue weighted by atomic mass is 16.5. The van der Waals surface area contributed by atoms with E-state index in [0.717, 1.165) is 0 Å². The van der Waals surface area contributed by atoms with E-state index in [1.54, 1.807) is 27.7 Å². The quantitative estimate of drug-likeness (QED) is 0.539. The lowest BCUT2D eigenvalue weighted by Crippen LogP contribution is -2.34. The largest absolute Gasteiger partial charge is 0.467 e. The number of hydrogen-bond acceptors (Lipinski definition) is 6. The summed E-state index contributed by atoms with van der Waals surface area (Å²) in [6.07, 6.45) is 0. The Morgan fingerprint density at radius 3 is 1.25 bits per heavy atom. The fourth-order valence-electron chi connectivity index (χ4n) is 0.831. The average molecular weight is 230 g/mol. The Balaban J connectivity index is 4.84. The van der Waals surface area contributed by atoms with Gasteiger partial charge in [0.05, 0.1) is 14.2 Å². The van der Waals surface area contributed by atoms with Crippen LogP contribution >= 0.6 is 0 Å². The third-order valence-electron chi connectivity index (χ3n) is 1.92. The summed E-state index contributed by atoms with van der Waals surface area (Å²) in [5.74, 6) is -1.03. The van der Waals surface area contributed by atoms with Gasteiger partial charge >= 0.3 is 11.9 Å². The highest BCUT2D eigenvalue weighted by Gasteiger charge is 2.33. The van der Waals surface area contributed by atoms with Gasteiger partial charge in [-0.25, -0.2) is 9.59 Å². The van der Waals surface area contributed by atoms with E-state index in [4.69, 9.17) is 0 Å². The Kier molecular flexibility index (Phi) is 4.59. The molecule has 0 aromatic carbocycles. The molecule has 0 aromatic heterocycles. The standard InChI is InChI=1S/C10H18N2O4/c1-9(2,7(13)15-5)11-12-10(3,4)8(14)16-6/h1-6H3/b12-11-. The van der Waals surface area contributed by atoms with Gasteiger partial charge in [0.1, 0.15) is 0 Å². The van der Waals surface area contributed by atoms with E-state index in [-0.39, 0.29) is 0 Å². The molecule has 0 rings (SSSR count). The molecule has 6 heteroatoms. The number of ether oxygens (including phenoxy) is 2. The summed E-state index contributed by atoms with van der Waals surface area (Å²) in [7, 11) is 2.54. The summed E-state index contributed by atoms with van der Waals surface area (Å²) in [6, 6.07) is 0. The molecular formula is C10H18N2O4. The average Bonchev–Trinajstić information content (AvgIpc) is 2.24. The Morgan fingerprint density at radius 2 is 1.06 bits per heavy atom. The first-order valence-electron chi connectivity index (χ1n) is 4.78. The van der Waals surface area contributed by atoms with Crippen LogP contribution in [0.15, 0.2) is 10.2 Å². The van der Waals surface area contributed by atoms with Gasteiger partial charge in [0.15, 0.2) is 11.1 Å². The summed E-state index contributed by atoms with van der Waals surface area (Å²) >= 11 is 0. The molecule has 0 atom stereocenters. The minimum Gasteiger partial charge on any atom is -0.467 e. The van der Waals surface area contributed by atoms with Crippen molar-refractivity contribution in [2.45, 2.75) is 38.8 Å². The highest BCUT2D eigenvalue weighted by Crippen LogP contribution is 2.17. The molecule has 6 nitrogen and oxygen atoms in total. The van der Waals surface area contributed by atoms with Gasteiger partial charge in [0.2, 0.25) is 0 Å². The maximum Gasteiger partial charge on any atom is 0.335 e. The van der Waals surface area contributed by atoms with Crippen LogP contribution in [0.25, 0.3) is 0 Å². The molecule has 16 heavy (non-hydrogen) atoms. The zero-order valence-corrected chi connectivity index (χ0v) is 10.5. The fourth-order valence-corrected chi connectivity index (χ4v) is 0.831. The molecule has 0 spiro atoms. The van der Waals surface area contributed by atoms with Crippen LogP contribution in [0.5, 0.6) is 0 Å². The van der Waals surface area contributed by atoms with E-state index >= 15 is 0 Å². The molecule has 0 radical (unpaired) electrons. The van der Waals surface area contributed by atoms with Crippen LogP contribution in [0.3, 0.4) is 0 Å². The molecule has 0 unspecified atom stereocenters. The molecule has 0 aromatic rings. The van der Waals surface area contributed by atoms with E-state index < -0.39 is 23.0 Å². The minimum atomic E-state index is -1.11. The van der Waals surface area contributed by atoms with Gasteiger partial charge in [-0.05, 0) is 27.7 Å². The van der Waals surface area contributed by atoms with Crippen molar-refractivity contribution in [1.82, 2.24) is 0 Å². The van der Waals surface area contributed by atoms with E-state index in [9.17, 15) is 9.59 Å². The van der Waals surface area contributed by atoms with Crippen molar-refractivity contribution in [2.75, 3.05) is 14.2 Å². The third-order valence-corrected chi connectivity index (χ3v) is 1.92. The lowest BCUT2D eigenvalue weighted by Gasteiger charge is -2.19. The molecule has 0 saturated carbocycles. The maximum absolute atomic E-state index is 11.3. The molecule has 0 N–H and O–H groups in total. The van der Waals surface area contributed by atoms with Crippen LogP contribution in [-0.4, -0.2) is 37.2 Å². The van der Waals surface area contributed by atoms with Crippen molar-refractivity contribution < 1.29 is 19.1 Å². The molecule has 0 heterocycles. The van der Waals surface area contributed by atoms with Gasteiger partial charge in [-0.3, -0.25) is 0 Å². The van der Waals surface area contributed by atoms with Crippen LogP contribution in [0.4, 0.5) is 0 Å². The Labute approximate surface area is 95.0 Å². The van der Waals surface area contributed by atoms with Gasteiger partial charge in [0.25, 0.3) is 0 Å². The number of rotatable bonds is 4. The van der Waals surface area contributed by atoms with Gasteiger partial charge in [0, 0.05) is 0 Å². The molecule has 92 valence electrons. The zero-order chi connectivity index (χ0) is 13.0. The van der Waals surface area contributed by atoms with E-state index in [1.807, 2.05) is 0 Å². The summed E-state index contributed by atoms with van der Waals surface area (Å²) in [6.45, 7) is 6.21. The minimum absolute atomic E-state index is 0.517. The van der Waals surface area contributed by atoms with Crippen LogP contribution in [-0.2, 0) is 19.1 Å². The van der Waals surface area contributed by atoms with Crippen molar-refractivity contribution in [3.8, 4) is 0 Å². The SMILES string of the molecule is COC(=O)C(C)(C)/N=N\C(C)(C)C(=O)OC. The predicted molar refractivity (Wildman–Crippen MR) is 57.0 cm³/mol. The van der Waals surface area contributed by atoms with Crippen molar-refractivity contribution in [2.24, 2.45) is 10.2 Å². The summed E-state index contributed by atoms with van der Waals surface area (Å²) in [5, 5.41) is 7.63. The number of azo groups is 1. The second kappa shape index (κ2) is 5.05. The lowest BCUT2D eigenvalue weighted by molar-refractivity contribution is -0.148. The molecule has 0 amide bonds. The molecular weight excluding hydrogens is 212 g/mol. The first-order valence-corrected chi connectivity index (χ1v) is 4.78. The van der Waals surface area contributed by atoms with Crippen LogP contribution in [0, 0.1) is 0 Å². The summed E-state index contributed by atoms with van der Waals surface area (Å²) < 4.78 is 9.12. The van der Waals surface area contributed by atoms with E-state index in [2.05, 4.69) is 19.7 Å². The first-order chi connectivity index (χ1) is 7.17. The van der Waals surface area contributed by atoms with Gasteiger partial charge in [-0.2, -0.15) is 10.2 Å². The Morgan fingerprint density at radius 1 is 0.812 bits per heavy atom. The van der Waals surface area contributed by atoms with Gasteiger partial charge < -0.3 is 9.47 Å². The zero-order valence-electron chi connectivity index (χ0n) is 10.5. The highest BCUT2D eigenvalue weighted by molar-refractivity contribution is 5.81. The summed E-state index contributed by atoms with van der Waals surface area (Å²) in [4.78, 5) is 22.6. The second-order valence-corrected chi connectivity index (χ2v) is 4.30. The predicted octanol–water partition coefficient (Wildman–Crippen LogP) is 1.34. The van der Waals surface area contributed by atoms with Crippen LogP contribution < -0.4 is 0 Å². The Bertz CT molecular complexity index is 278. The van der Waals surface area contributed by atoms with E-state index in [0.29, 0.717) is 0 Å². The molecule has 0 bridgehead atoms. The van der Waals surface area contributed by atoms with Crippen molar-refractivity contribution in [3.05, 3.63) is 0 Å². The van der Waals surface area contributed by atoms with Crippen molar-refractivity contribution in [3.63, 3.8) is 0 Å². The smallest absolute Gasteiger partial charge is 0.335 e. The maximum atomic E-state index is 11.3.